The van der Waals surface area contributed by atoms with Crippen LogP contribution in [0.2, 0.25) is 0 Å². The van der Waals surface area contributed by atoms with Crippen molar-refractivity contribution in [2.75, 3.05) is 6.54 Å². The Kier molecular flexibility index (Phi) is 0.995. The molecule has 0 aromatic carbocycles. The SMILES string of the molecule is NC(=O)N1C=C2CC1=C1CN=CN21. The van der Waals surface area contributed by atoms with E-state index in [4.69, 9.17) is 5.73 Å². The molecule has 3 aliphatic rings. The van der Waals surface area contributed by atoms with E-state index < -0.39 is 6.03 Å². The van der Waals surface area contributed by atoms with E-state index in [1.54, 1.807) is 12.5 Å². The first-order valence-electron chi connectivity index (χ1n) is 4.08. The predicted octanol–water partition coefficient (Wildman–Crippen LogP) is 0.181. The first kappa shape index (κ1) is 6.71. The summed E-state index contributed by atoms with van der Waals surface area (Å²) in [5.41, 5.74) is 8.38. The molecule has 2 N–H and O–H groups in total. The van der Waals surface area contributed by atoms with Crippen LogP contribution in [0.4, 0.5) is 4.79 Å². The summed E-state index contributed by atoms with van der Waals surface area (Å²) in [6, 6.07) is -0.413. The van der Waals surface area contributed by atoms with Gasteiger partial charge in [-0.2, -0.15) is 0 Å². The van der Waals surface area contributed by atoms with E-state index in [1.807, 2.05) is 4.90 Å². The first-order valence-corrected chi connectivity index (χ1v) is 4.08. The van der Waals surface area contributed by atoms with Gasteiger partial charge in [-0.15, -0.1) is 0 Å². The largest absolute Gasteiger partial charge is 0.351 e. The lowest BCUT2D eigenvalue weighted by atomic mass is 10.3. The first-order chi connectivity index (χ1) is 6.27. The van der Waals surface area contributed by atoms with Gasteiger partial charge in [0.1, 0.15) is 0 Å². The van der Waals surface area contributed by atoms with E-state index in [1.165, 1.54) is 4.90 Å². The van der Waals surface area contributed by atoms with Gasteiger partial charge in [0.15, 0.2) is 0 Å². The number of nitrogens with zero attached hydrogens (tertiary/aromatic N) is 3. The fourth-order valence-electron chi connectivity index (χ4n) is 1.95. The van der Waals surface area contributed by atoms with E-state index in [0.717, 1.165) is 23.5 Å². The van der Waals surface area contributed by atoms with Crippen molar-refractivity contribution in [3.8, 4) is 0 Å². The highest BCUT2D eigenvalue weighted by Crippen LogP contribution is 2.40. The number of fused-ring (bicyclic) bond motifs is 4. The number of primary amides is 1. The van der Waals surface area contributed by atoms with Crippen LogP contribution in [0.25, 0.3) is 0 Å². The van der Waals surface area contributed by atoms with Gasteiger partial charge in [0, 0.05) is 18.3 Å². The van der Waals surface area contributed by atoms with Gasteiger partial charge in [0.25, 0.3) is 0 Å². The van der Waals surface area contributed by atoms with Gasteiger partial charge in [0.05, 0.1) is 24.3 Å². The number of hydrogen-bond donors (Lipinski definition) is 1. The van der Waals surface area contributed by atoms with Crippen LogP contribution < -0.4 is 5.73 Å². The molecular formula is C8H8N4O. The summed E-state index contributed by atoms with van der Waals surface area (Å²) < 4.78 is 0. The van der Waals surface area contributed by atoms with E-state index in [2.05, 4.69) is 4.99 Å². The number of nitrogens with two attached hydrogens (primary N) is 1. The normalized spacial score (nSPS) is 22.9. The fraction of sp³-hybridized carbons (Fsp3) is 0.250. The Morgan fingerprint density at radius 1 is 1.54 bits per heavy atom. The Balaban J connectivity index is 2.08. The van der Waals surface area contributed by atoms with E-state index >= 15 is 0 Å². The molecule has 0 spiro atoms. The number of aliphatic imine (C=N–C) groups is 1. The molecule has 0 atom stereocenters. The molecule has 66 valence electrons. The summed E-state index contributed by atoms with van der Waals surface area (Å²) in [5.74, 6) is 0. The topological polar surface area (TPSA) is 61.9 Å². The average molecular weight is 176 g/mol. The maximum Gasteiger partial charge on any atom is 0.323 e. The van der Waals surface area contributed by atoms with E-state index in [0.29, 0.717) is 6.54 Å². The molecule has 0 unspecified atom stereocenters. The Labute approximate surface area is 74.8 Å². The van der Waals surface area contributed by atoms with Gasteiger partial charge in [-0.1, -0.05) is 0 Å². The van der Waals surface area contributed by atoms with Crippen molar-refractivity contribution in [3.05, 3.63) is 23.3 Å². The van der Waals surface area contributed by atoms with Crippen molar-refractivity contribution in [2.24, 2.45) is 10.7 Å². The van der Waals surface area contributed by atoms with Crippen molar-refractivity contribution >= 4 is 12.4 Å². The number of hydrogen-bond acceptors (Lipinski definition) is 3. The molecule has 2 amide bonds. The Morgan fingerprint density at radius 2 is 2.38 bits per heavy atom. The number of carbonyl (C=O) groups excluding carboxylic acids is 1. The second-order valence-electron chi connectivity index (χ2n) is 3.23. The summed E-state index contributed by atoms with van der Waals surface area (Å²) in [6.07, 6.45) is 4.38. The standard InChI is InChI=1S/C8H8N4O/c9-8(13)11-3-5-1-6(11)7-2-10-4-12(5)7/h3-4H,1-2H2,(H2,9,13). The second-order valence-corrected chi connectivity index (χ2v) is 3.23. The Bertz CT molecular complexity index is 393. The summed E-state index contributed by atoms with van der Waals surface area (Å²) in [5, 5.41) is 0. The van der Waals surface area contributed by atoms with E-state index in [-0.39, 0.29) is 0 Å². The average Bonchev–Trinajstić information content (AvgIpc) is 2.75. The minimum atomic E-state index is -0.413. The van der Waals surface area contributed by atoms with Crippen molar-refractivity contribution in [3.63, 3.8) is 0 Å². The van der Waals surface area contributed by atoms with Crippen LogP contribution in [0.5, 0.6) is 0 Å². The van der Waals surface area contributed by atoms with Crippen LogP contribution in [0.15, 0.2) is 28.3 Å². The minimum Gasteiger partial charge on any atom is -0.351 e. The van der Waals surface area contributed by atoms with Crippen LogP contribution in [0, 0.1) is 0 Å². The zero-order valence-electron chi connectivity index (χ0n) is 6.90. The highest BCUT2D eigenvalue weighted by molar-refractivity contribution is 5.80. The van der Waals surface area contributed by atoms with E-state index in [9.17, 15) is 4.79 Å². The van der Waals surface area contributed by atoms with Gasteiger partial charge < -0.3 is 10.6 Å². The lowest BCUT2D eigenvalue weighted by Crippen LogP contribution is -2.31. The molecule has 0 aromatic heterocycles. The third kappa shape index (κ3) is 0.665. The molecular weight excluding hydrogens is 168 g/mol. The third-order valence-electron chi connectivity index (χ3n) is 2.53. The highest BCUT2D eigenvalue weighted by Gasteiger charge is 2.38. The zero-order chi connectivity index (χ0) is 9.00. The van der Waals surface area contributed by atoms with Crippen LogP contribution in [0.1, 0.15) is 6.42 Å². The van der Waals surface area contributed by atoms with Crippen molar-refractivity contribution < 1.29 is 4.79 Å². The second kappa shape index (κ2) is 1.93. The van der Waals surface area contributed by atoms with Crippen molar-refractivity contribution in [2.45, 2.75) is 6.42 Å². The van der Waals surface area contributed by atoms with Crippen LogP contribution in [-0.2, 0) is 0 Å². The Hall–Kier alpha value is -1.78. The molecule has 13 heavy (non-hydrogen) atoms. The molecule has 0 radical (unpaired) electrons. The van der Waals surface area contributed by atoms with Gasteiger partial charge in [0.2, 0.25) is 0 Å². The maximum atomic E-state index is 11.0. The highest BCUT2D eigenvalue weighted by atomic mass is 16.2. The number of carbonyl (C=O) groups is 1. The molecule has 5 heteroatoms. The molecule has 0 fully saturated rings. The van der Waals surface area contributed by atoms with Crippen molar-refractivity contribution in [1.82, 2.24) is 9.80 Å². The van der Waals surface area contributed by atoms with Crippen LogP contribution in [0.3, 0.4) is 0 Å². The molecule has 3 heterocycles. The third-order valence-corrected chi connectivity index (χ3v) is 2.53. The van der Waals surface area contributed by atoms with Crippen molar-refractivity contribution in [1.29, 1.82) is 0 Å². The lowest BCUT2D eigenvalue weighted by molar-refractivity contribution is 0.232. The molecule has 3 aliphatic heterocycles. The zero-order valence-corrected chi connectivity index (χ0v) is 6.90. The molecule has 0 aliphatic carbocycles. The van der Waals surface area contributed by atoms with Gasteiger partial charge in [-0.3, -0.25) is 9.89 Å². The number of amides is 2. The molecule has 0 saturated carbocycles. The summed E-state index contributed by atoms with van der Waals surface area (Å²) in [4.78, 5) is 18.6. The van der Waals surface area contributed by atoms with Gasteiger partial charge in [-0.25, -0.2) is 4.79 Å². The number of urea groups is 1. The smallest absolute Gasteiger partial charge is 0.323 e. The summed E-state index contributed by atoms with van der Waals surface area (Å²) >= 11 is 0. The minimum absolute atomic E-state index is 0.413. The fourth-order valence-corrected chi connectivity index (χ4v) is 1.95. The van der Waals surface area contributed by atoms with Crippen LogP contribution in [-0.4, -0.2) is 28.7 Å². The predicted molar refractivity (Wildman–Crippen MR) is 46.3 cm³/mol. The monoisotopic (exact) mass is 176 g/mol. The molecule has 3 rings (SSSR count). The summed E-state index contributed by atoms with van der Waals surface area (Å²) in [7, 11) is 0. The van der Waals surface area contributed by atoms with Crippen LogP contribution >= 0.6 is 0 Å². The summed E-state index contributed by atoms with van der Waals surface area (Å²) in [6.45, 7) is 0.663. The lowest BCUT2D eigenvalue weighted by Gasteiger charge is -2.20. The van der Waals surface area contributed by atoms with Gasteiger partial charge in [-0.05, 0) is 0 Å². The molecule has 5 nitrogen and oxygen atoms in total. The quantitative estimate of drug-likeness (QED) is 0.572. The Morgan fingerprint density at radius 3 is 3.15 bits per heavy atom. The molecule has 0 saturated heterocycles. The molecule has 2 bridgehead atoms. The molecule has 0 aromatic rings. The number of rotatable bonds is 0. The maximum absolute atomic E-state index is 11.0. The van der Waals surface area contributed by atoms with Gasteiger partial charge >= 0.3 is 6.03 Å².